The number of hydroxylamine groups is 1. The second kappa shape index (κ2) is 11.3. The van der Waals surface area contributed by atoms with Crippen LogP contribution in [-0.4, -0.2) is 64.0 Å². The quantitative estimate of drug-likeness (QED) is 0.356. The van der Waals surface area contributed by atoms with Crippen molar-refractivity contribution >= 4 is 39.2 Å². The highest BCUT2D eigenvalue weighted by molar-refractivity contribution is 7.20. The van der Waals surface area contributed by atoms with Crippen molar-refractivity contribution in [1.82, 2.24) is 15.4 Å². The Hall–Kier alpha value is -2.40. The molecule has 2 amide bonds. The van der Waals surface area contributed by atoms with E-state index in [1.165, 1.54) is 30.6 Å². The van der Waals surface area contributed by atoms with Gasteiger partial charge in [0.2, 0.25) is 11.7 Å². The van der Waals surface area contributed by atoms with Crippen molar-refractivity contribution in [3.8, 4) is 0 Å². The van der Waals surface area contributed by atoms with Gasteiger partial charge < -0.3 is 20.6 Å². The van der Waals surface area contributed by atoms with Crippen LogP contribution >= 0.6 is 11.3 Å². The molecule has 9 nitrogen and oxygen atoms in total. The fraction of sp³-hybridized carbons (Fsp3) is 0.615. The number of benzene rings is 1. The highest BCUT2D eigenvalue weighted by atomic mass is 32.1. The van der Waals surface area contributed by atoms with Gasteiger partial charge in [-0.15, -0.1) is 11.3 Å². The number of ketones is 1. The Morgan fingerprint density at radius 2 is 2.11 bits per heavy atom. The van der Waals surface area contributed by atoms with E-state index >= 15 is 0 Å². The maximum absolute atomic E-state index is 12.4. The van der Waals surface area contributed by atoms with E-state index in [0.717, 1.165) is 36.2 Å². The van der Waals surface area contributed by atoms with Crippen LogP contribution in [0, 0.1) is 11.3 Å². The van der Waals surface area contributed by atoms with E-state index in [1.807, 2.05) is 36.7 Å². The molecule has 1 aromatic heterocycles. The lowest BCUT2D eigenvalue weighted by Gasteiger charge is -2.24. The Labute approximate surface area is 218 Å². The third-order valence-electron chi connectivity index (χ3n) is 7.60. The number of thiazole rings is 1. The molecule has 2 saturated heterocycles. The number of hydrogen-bond acceptors (Lipinski definition) is 8. The van der Waals surface area contributed by atoms with Crippen molar-refractivity contribution in [2.75, 3.05) is 13.2 Å². The molecule has 2 aliphatic heterocycles. The molecule has 4 N–H and O–H groups in total. The Bertz CT molecular complexity index is 1070. The average Bonchev–Trinajstić information content (AvgIpc) is 3.25. The first-order valence-corrected chi connectivity index (χ1v) is 13.6. The fourth-order valence-electron chi connectivity index (χ4n) is 5.22. The SMILES string of the molecule is CC[C@@H](C[C@H](NO)C(=O)c1nc2ccccc2s1)C(N)=O.C[C@@H]1CC2(CC2)CN1C(=O)[C@H]1CCCO1.[HH].[HH]. The molecule has 200 valence electrons. The van der Waals surface area contributed by atoms with Crippen molar-refractivity contribution in [3.05, 3.63) is 29.3 Å². The summed E-state index contributed by atoms with van der Waals surface area (Å²) in [6.45, 7) is 5.75. The normalized spacial score (nSPS) is 23.8. The van der Waals surface area contributed by atoms with Crippen LogP contribution in [0.25, 0.3) is 10.2 Å². The van der Waals surface area contributed by atoms with Crippen LogP contribution in [0.3, 0.4) is 0 Å². The Morgan fingerprint density at radius 1 is 1.36 bits per heavy atom. The van der Waals surface area contributed by atoms with E-state index in [9.17, 15) is 19.6 Å². The lowest BCUT2D eigenvalue weighted by atomic mass is 9.95. The summed E-state index contributed by atoms with van der Waals surface area (Å²) in [4.78, 5) is 42.2. The fourth-order valence-corrected chi connectivity index (χ4v) is 6.18. The monoisotopic (exact) mass is 520 g/mol. The lowest BCUT2D eigenvalue weighted by Crippen LogP contribution is -2.41. The number of ether oxygens (including phenoxy) is 1. The smallest absolute Gasteiger partial charge is 0.251 e. The summed E-state index contributed by atoms with van der Waals surface area (Å²) >= 11 is 1.26. The van der Waals surface area contributed by atoms with Crippen LogP contribution in [0.4, 0.5) is 0 Å². The van der Waals surface area contributed by atoms with Crippen molar-refractivity contribution in [3.63, 3.8) is 0 Å². The summed E-state index contributed by atoms with van der Waals surface area (Å²) < 4.78 is 6.38. The minimum Gasteiger partial charge on any atom is -0.369 e. The van der Waals surface area contributed by atoms with Crippen LogP contribution in [0.15, 0.2) is 24.3 Å². The number of carbonyl (C=O) groups is 3. The highest BCUT2D eigenvalue weighted by Crippen LogP contribution is 2.54. The third-order valence-corrected chi connectivity index (χ3v) is 8.65. The van der Waals surface area contributed by atoms with Crippen LogP contribution in [0.5, 0.6) is 0 Å². The summed E-state index contributed by atoms with van der Waals surface area (Å²) in [6, 6.07) is 6.97. The average molecular weight is 521 g/mol. The standard InChI is InChI=1S/C14H17N3O3S.C12H19NO2.2H2/c1-2-8(13(15)19)7-10(17-20)12(18)14-16-9-5-3-4-6-11(9)21-14;1-9-7-12(4-5-12)8-13(9)11(14)10-3-2-6-15-10;;/h3-6,8,10,17,20H,2,7H2,1H3,(H2,15,19);9-10H,2-8H2,1H3;2*1H/t8-,10-;9-,10-;;/m01../s1. The number of nitrogens with two attached hydrogens (primary N) is 1. The number of primary amides is 1. The van der Waals surface area contributed by atoms with Gasteiger partial charge in [-0.3, -0.25) is 14.4 Å². The molecule has 0 bridgehead atoms. The number of rotatable bonds is 8. The summed E-state index contributed by atoms with van der Waals surface area (Å²) in [5.74, 6) is -1.02. The van der Waals surface area contributed by atoms with E-state index in [4.69, 9.17) is 10.5 Å². The molecule has 3 fully saturated rings. The minimum atomic E-state index is -0.886. The predicted octanol–water partition coefficient (Wildman–Crippen LogP) is 3.79. The molecule has 1 aromatic carbocycles. The van der Waals surface area contributed by atoms with Gasteiger partial charge in [0, 0.05) is 28.0 Å². The highest BCUT2D eigenvalue weighted by Gasteiger charge is 2.52. The number of nitrogens with one attached hydrogen (secondary N) is 1. The van der Waals surface area contributed by atoms with E-state index in [0.29, 0.717) is 22.9 Å². The first-order chi connectivity index (χ1) is 17.3. The second-order valence-corrected chi connectivity index (χ2v) is 11.3. The van der Waals surface area contributed by atoms with Gasteiger partial charge in [0.1, 0.15) is 6.10 Å². The molecule has 4 atom stereocenters. The first-order valence-electron chi connectivity index (χ1n) is 12.8. The molecule has 0 unspecified atom stereocenters. The molecule has 0 radical (unpaired) electrons. The van der Waals surface area contributed by atoms with Crippen LogP contribution in [0.2, 0.25) is 0 Å². The van der Waals surface area contributed by atoms with Gasteiger partial charge in [-0.25, -0.2) is 4.98 Å². The van der Waals surface area contributed by atoms with Crippen molar-refractivity contribution < 1.29 is 27.2 Å². The maximum Gasteiger partial charge on any atom is 0.251 e. The van der Waals surface area contributed by atoms with Gasteiger partial charge in [-0.05, 0) is 69.4 Å². The Morgan fingerprint density at radius 3 is 2.67 bits per heavy atom. The van der Waals surface area contributed by atoms with Gasteiger partial charge >= 0.3 is 0 Å². The van der Waals surface area contributed by atoms with Gasteiger partial charge in [-0.2, -0.15) is 5.48 Å². The number of carbonyl (C=O) groups excluding carboxylic acids is 3. The number of amides is 2. The maximum atomic E-state index is 12.4. The predicted molar refractivity (Wildman–Crippen MR) is 141 cm³/mol. The summed E-state index contributed by atoms with van der Waals surface area (Å²) in [5.41, 5.74) is 8.51. The molecule has 1 spiro atoms. The van der Waals surface area contributed by atoms with Crippen molar-refractivity contribution in [2.24, 2.45) is 17.1 Å². The van der Waals surface area contributed by atoms with Crippen LogP contribution in [-0.2, 0) is 14.3 Å². The number of para-hydroxylation sites is 1. The van der Waals surface area contributed by atoms with E-state index in [2.05, 4.69) is 16.8 Å². The molecular weight excluding hydrogens is 480 g/mol. The van der Waals surface area contributed by atoms with E-state index in [-0.39, 0.29) is 27.1 Å². The zero-order valence-corrected chi connectivity index (χ0v) is 21.8. The molecule has 5 rings (SSSR count). The molecule has 10 heteroatoms. The number of likely N-dealkylation sites (tertiary alicyclic amines) is 1. The van der Waals surface area contributed by atoms with E-state index < -0.39 is 17.9 Å². The molecular formula is C26H40N4O5S. The van der Waals surface area contributed by atoms with Gasteiger partial charge in [-0.1, -0.05) is 19.1 Å². The largest absolute Gasteiger partial charge is 0.369 e. The first kappa shape index (κ1) is 26.7. The lowest BCUT2D eigenvalue weighted by molar-refractivity contribution is -0.141. The zero-order chi connectivity index (χ0) is 25.9. The summed E-state index contributed by atoms with van der Waals surface area (Å²) in [5, 5.41) is 9.52. The third kappa shape index (κ3) is 5.94. The number of fused-ring (bicyclic) bond motifs is 1. The second-order valence-electron chi connectivity index (χ2n) is 10.3. The number of aromatic nitrogens is 1. The molecule has 1 saturated carbocycles. The van der Waals surface area contributed by atoms with Crippen molar-refractivity contribution in [1.29, 1.82) is 0 Å². The summed E-state index contributed by atoms with van der Waals surface area (Å²) in [6.07, 6.45) is 6.38. The molecule has 3 aliphatic rings. The summed E-state index contributed by atoms with van der Waals surface area (Å²) in [7, 11) is 0. The van der Waals surface area contributed by atoms with Crippen LogP contribution < -0.4 is 11.2 Å². The van der Waals surface area contributed by atoms with Crippen molar-refractivity contribution in [2.45, 2.75) is 77.0 Å². The molecule has 36 heavy (non-hydrogen) atoms. The van der Waals surface area contributed by atoms with Gasteiger partial charge in [0.25, 0.3) is 5.91 Å². The number of hydrogen-bond donors (Lipinski definition) is 3. The Kier molecular flexibility index (Phi) is 8.39. The molecule has 3 heterocycles. The number of nitrogens with zero attached hydrogens (tertiary/aromatic N) is 2. The van der Waals surface area contributed by atoms with Gasteiger partial charge in [0.05, 0.1) is 16.3 Å². The van der Waals surface area contributed by atoms with Crippen LogP contribution in [0.1, 0.15) is 71.4 Å². The molecule has 2 aromatic rings. The van der Waals surface area contributed by atoms with E-state index in [1.54, 1.807) is 0 Å². The topological polar surface area (TPSA) is 135 Å². The zero-order valence-electron chi connectivity index (χ0n) is 20.9. The van der Waals surface area contributed by atoms with Gasteiger partial charge in [0.15, 0.2) is 5.01 Å². The molecule has 1 aliphatic carbocycles. The Balaban J connectivity index is 0.000000264. The minimum absolute atomic E-state index is 0. The number of Topliss-reactive ketones (excluding diaryl/α,β-unsaturated/α-hetero) is 1.